The first kappa shape index (κ1) is 13.0. The number of carbonyl (C=O) groups excluding carboxylic acids is 1. The van der Waals surface area contributed by atoms with Crippen molar-refractivity contribution in [1.29, 1.82) is 0 Å². The van der Waals surface area contributed by atoms with Crippen molar-refractivity contribution in [3.63, 3.8) is 0 Å². The second-order valence-corrected chi connectivity index (χ2v) is 5.35. The number of fused-ring (bicyclic) bond motifs is 2. The Morgan fingerprint density at radius 1 is 1.41 bits per heavy atom. The Bertz CT molecular complexity index is 851. The Labute approximate surface area is 126 Å². The molecule has 22 heavy (non-hydrogen) atoms. The molecule has 2 aromatic heterocycles. The van der Waals surface area contributed by atoms with Gasteiger partial charge in [-0.2, -0.15) is 0 Å². The van der Waals surface area contributed by atoms with Gasteiger partial charge in [0.05, 0.1) is 35.3 Å². The summed E-state index contributed by atoms with van der Waals surface area (Å²) in [5.74, 6) is 0.409. The van der Waals surface area contributed by atoms with Crippen molar-refractivity contribution in [3.05, 3.63) is 47.3 Å². The van der Waals surface area contributed by atoms with Gasteiger partial charge in [-0.25, -0.2) is 9.97 Å². The van der Waals surface area contributed by atoms with Crippen LogP contribution in [0.15, 0.2) is 24.5 Å². The van der Waals surface area contributed by atoms with Crippen LogP contribution in [0.1, 0.15) is 27.6 Å². The van der Waals surface area contributed by atoms with Gasteiger partial charge in [-0.1, -0.05) is 6.07 Å². The van der Waals surface area contributed by atoms with Gasteiger partial charge in [-0.15, -0.1) is 0 Å². The SMILES string of the molecule is O=C(c1cccc2[nH]c(CO)nc12)N1CCc2nc[nH]c2C1. The highest BCUT2D eigenvalue weighted by atomic mass is 16.3. The maximum atomic E-state index is 12.8. The molecule has 3 N–H and O–H groups in total. The van der Waals surface area contributed by atoms with E-state index in [9.17, 15) is 9.90 Å². The number of amides is 1. The predicted octanol–water partition coefficient (Wildman–Crippen LogP) is 0.977. The Morgan fingerprint density at radius 2 is 2.32 bits per heavy atom. The molecular weight excluding hydrogens is 282 g/mol. The van der Waals surface area contributed by atoms with E-state index >= 15 is 0 Å². The first-order valence-corrected chi connectivity index (χ1v) is 7.15. The third-order valence-electron chi connectivity index (χ3n) is 4.00. The van der Waals surface area contributed by atoms with Crippen molar-refractivity contribution in [2.24, 2.45) is 0 Å². The number of imidazole rings is 2. The number of aromatic amines is 2. The molecule has 0 spiro atoms. The number of benzene rings is 1. The van der Waals surface area contributed by atoms with E-state index in [2.05, 4.69) is 19.9 Å². The summed E-state index contributed by atoms with van der Waals surface area (Å²) >= 11 is 0. The summed E-state index contributed by atoms with van der Waals surface area (Å²) in [5, 5.41) is 9.20. The highest BCUT2D eigenvalue weighted by Crippen LogP contribution is 2.22. The molecular formula is C15H15N5O2. The van der Waals surface area contributed by atoms with Crippen LogP contribution in [-0.4, -0.2) is 42.4 Å². The van der Waals surface area contributed by atoms with Crippen LogP contribution in [0.25, 0.3) is 11.0 Å². The molecule has 0 bridgehead atoms. The highest BCUT2D eigenvalue weighted by Gasteiger charge is 2.25. The van der Waals surface area contributed by atoms with E-state index in [0.717, 1.165) is 23.3 Å². The van der Waals surface area contributed by atoms with Gasteiger partial charge in [0, 0.05) is 13.0 Å². The Hall–Kier alpha value is -2.67. The fourth-order valence-electron chi connectivity index (χ4n) is 2.89. The smallest absolute Gasteiger partial charge is 0.256 e. The molecule has 0 radical (unpaired) electrons. The van der Waals surface area contributed by atoms with Crippen molar-refractivity contribution in [1.82, 2.24) is 24.8 Å². The quantitative estimate of drug-likeness (QED) is 0.656. The number of aliphatic hydroxyl groups is 1. The molecule has 0 atom stereocenters. The number of para-hydroxylation sites is 1. The van der Waals surface area contributed by atoms with Crippen molar-refractivity contribution < 1.29 is 9.90 Å². The summed E-state index contributed by atoms with van der Waals surface area (Å²) in [6, 6.07) is 5.44. The average Bonchev–Trinajstić information content (AvgIpc) is 3.18. The molecule has 1 aliphatic heterocycles. The molecule has 112 valence electrons. The first-order valence-electron chi connectivity index (χ1n) is 7.15. The second-order valence-electron chi connectivity index (χ2n) is 5.35. The molecule has 3 aromatic rings. The largest absolute Gasteiger partial charge is 0.388 e. The minimum absolute atomic E-state index is 0.0539. The van der Waals surface area contributed by atoms with Gasteiger partial charge < -0.3 is 20.0 Å². The fraction of sp³-hybridized carbons (Fsp3) is 0.267. The van der Waals surface area contributed by atoms with E-state index in [1.807, 2.05) is 12.1 Å². The molecule has 1 aliphatic rings. The van der Waals surface area contributed by atoms with Gasteiger partial charge in [0.25, 0.3) is 5.91 Å². The normalized spacial score (nSPS) is 14.3. The van der Waals surface area contributed by atoms with Crippen LogP contribution in [-0.2, 0) is 19.6 Å². The lowest BCUT2D eigenvalue weighted by Crippen LogP contribution is -2.36. The molecule has 0 saturated carbocycles. The molecule has 4 rings (SSSR count). The number of nitrogens with one attached hydrogen (secondary N) is 2. The average molecular weight is 297 g/mol. The zero-order valence-electron chi connectivity index (χ0n) is 11.8. The van der Waals surface area contributed by atoms with E-state index in [-0.39, 0.29) is 12.5 Å². The lowest BCUT2D eigenvalue weighted by Gasteiger charge is -2.26. The third-order valence-corrected chi connectivity index (χ3v) is 4.00. The molecule has 0 fully saturated rings. The molecule has 7 heteroatoms. The van der Waals surface area contributed by atoms with Crippen molar-refractivity contribution in [3.8, 4) is 0 Å². The van der Waals surface area contributed by atoms with E-state index < -0.39 is 0 Å². The maximum absolute atomic E-state index is 12.8. The van der Waals surface area contributed by atoms with Crippen LogP contribution in [0.5, 0.6) is 0 Å². The topological polar surface area (TPSA) is 97.9 Å². The van der Waals surface area contributed by atoms with Gasteiger partial charge in [-0.3, -0.25) is 4.79 Å². The van der Waals surface area contributed by atoms with E-state index in [4.69, 9.17) is 0 Å². The zero-order valence-corrected chi connectivity index (χ0v) is 11.8. The van der Waals surface area contributed by atoms with Gasteiger partial charge in [0.1, 0.15) is 17.9 Å². The monoisotopic (exact) mass is 297 g/mol. The van der Waals surface area contributed by atoms with Crippen LogP contribution in [0, 0.1) is 0 Å². The first-order chi connectivity index (χ1) is 10.8. The number of aromatic nitrogens is 4. The third kappa shape index (κ3) is 1.98. The van der Waals surface area contributed by atoms with Crippen LogP contribution in [0.2, 0.25) is 0 Å². The van der Waals surface area contributed by atoms with Crippen LogP contribution in [0.4, 0.5) is 0 Å². The Morgan fingerprint density at radius 3 is 3.18 bits per heavy atom. The fourth-order valence-corrected chi connectivity index (χ4v) is 2.89. The summed E-state index contributed by atoms with van der Waals surface area (Å²) in [5.41, 5.74) is 3.94. The molecule has 0 aliphatic carbocycles. The number of carbonyl (C=O) groups is 1. The Balaban J connectivity index is 1.70. The number of aliphatic hydroxyl groups excluding tert-OH is 1. The molecule has 0 unspecified atom stereocenters. The predicted molar refractivity (Wildman–Crippen MR) is 79.0 cm³/mol. The number of rotatable bonds is 2. The highest BCUT2D eigenvalue weighted by molar-refractivity contribution is 6.04. The lowest BCUT2D eigenvalue weighted by molar-refractivity contribution is 0.0733. The van der Waals surface area contributed by atoms with Gasteiger partial charge >= 0.3 is 0 Å². The van der Waals surface area contributed by atoms with Gasteiger partial charge in [0.2, 0.25) is 0 Å². The van der Waals surface area contributed by atoms with Gasteiger partial charge in [-0.05, 0) is 12.1 Å². The number of hydrogen-bond acceptors (Lipinski definition) is 4. The van der Waals surface area contributed by atoms with Gasteiger partial charge in [0.15, 0.2) is 0 Å². The maximum Gasteiger partial charge on any atom is 0.256 e. The van der Waals surface area contributed by atoms with Crippen molar-refractivity contribution in [2.45, 2.75) is 19.6 Å². The van der Waals surface area contributed by atoms with E-state index in [0.29, 0.717) is 30.0 Å². The minimum Gasteiger partial charge on any atom is -0.388 e. The number of nitrogens with zero attached hydrogens (tertiary/aromatic N) is 3. The van der Waals surface area contributed by atoms with Crippen molar-refractivity contribution in [2.75, 3.05) is 6.54 Å². The number of hydrogen-bond donors (Lipinski definition) is 3. The molecule has 0 saturated heterocycles. The second kappa shape index (κ2) is 4.96. The summed E-state index contributed by atoms with van der Waals surface area (Å²) in [6.07, 6.45) is 2.42. The minimum atomic E-state index is -0.177. The van der Waals surface area contributed by atoms with E-state index in [1.165, 1.54) is 0 Å². The molecule has 3 heterocycles. The lowest BCUT2D eigenvalue weighted by atomic mass is 10.1. The van der Waals surface area contributed by atoms with Crippen LogP contribution in [0.3, 0.4) is 0 Å². The summed E-state index contributed by atoms with van der Waals surface area (Å²) in [7, 11) is 0. The van der Waals surface area contributed by atoms with Crippen molar-refractivity contribution >= 4 is 16.9 Å². The molecule has 1 aromatic carbocycles. The Kier molecular flexibility index (Phi) is 2.93. The standard InChI is InChI=1S/C15H15N5O2/c21-7-13-18-11-3-1-2-9(14(11)19-13)15(22)20-5-4-10-12(6-20)17-8-16-10/h1-3,8,21H,4-7H2,(H,16,17)(H,18,19). The molecule has 1 amide bonds. The summed E-state index contributed by atoms with van der Waals surface area (Å²) in [4.78, 5) is 29.3. The number of H-pyrrole nitrogens is 2. The van der Waals surface area contributed by atoms with E-state index in [1.54, 1.807) is 17.3 Å². The summed E-state index contributed by atoms with van der Waals surface area (Å²) in [6.45, 7) is 0.996. The summed E-state index contributed by atoms with van der Waals surface area (Å²) < 4.78 is 0. The van der Waals surface area contributed by atoms with Crippen LogP contribution >= 0.6 is 0 Å². The zero-order chi connectivity index (χ0) is 15.1. The van der Waals surface area contributed by atoms with Crippen LogP contribution < -0.4 is 0 Å². The molecule has 7 nitrogen and oxygen atoms in total.